The molecule has 0 aromatic rings. The van der Waals surface area contributed by atoms with E-state index in [9.17, 15) is 9.90 Å². The van der Waals surface area contributed by atoms with Crippen molar-refractivity contribution in [2.24, 2.45) is 0 Å². The summed E-state index contributed by atoms with van der Waals surface area (Å²) in [6.45, 7) is 7.09. The van der Waals surface area contributed by atoms with Gasteiger partial charge in [0.2, 0.25) is 0 Å². The summed E-state index contributed by atoms with van der Waals surface area (Å²) in [6, 6.07) is 0. The number of ether oxygens (including phenoxy) is 1. The smallest absolute Gasteiger partial charge is 0.323 e. The van der Waals surface area contributed by atoms with E-state index in [4.69, 9.17) is 4.74 Å². The molecule has 0 radical (unpaired) electrons. The van der Waals surface area contributed by atoms with Crippen LogP contribution in [-0.2, 0) is 9.53 Å². The number of rotatable bonds is 9. The van der Waals surface area contributed by atoms with E-state index in [1.54, 1.807) is 25.8 Å². The molecule has 16 heavy (non-hydrogen) atoms. The first-order valence-electron chi connectivity index (χ1n) is 5.55. The molecule has 0 amide bonds. The normalized spacial score (nSPS) is 16.8. The summed E-state index contributed by atoms with van der Waals surface area (Å²) in [5.74, 6) is 0.119. The summed E-state index contributed by atoms with van der Waals surface area (Å²) in [5, 5.41) is 12.5. The molecule has 0 aliphatic rings. The van der Waals surface area contributed by atoms with Gasteiger partial charge in [-0.3, -0.25) is 4.79 Å². The second kappa shape index (κ2) is 7.92. The maximum atomic E-state index is 11.2. The van der Waals surface area contributed by atoms with Crippen LogP contribution < -0.4 is 5.32 Å². The van der Waals surface area contributed by atoms with Crippen molar-refractivity contribution in [1.82, 2.24) is 5.32 Å². The van der Waals surface area contributed by atoms with Crippen molar-refractivity contribution in [3.05, 3.63) is 0 Å². The molecule has 0 aliphatic heterocycles. The molecule has 0 rings (SSSR count). The van der Waals surface area contributed by atoms with Gasteiger partial charge in [-0.15, -0.1) is 0 Å². The third-order valence-electron chi connectivity index (χ3n) is 2.42. The monoisotopic (exact) mass is 249 g/mol. The molecule has 96 valence electrons. The molecule has 0 saturated carbocycles. The number of thioether (sulfide) groups is 1. The van der Waals surface area contributed by atoms with Crippen LogP contribution in [0.2, 0.25) is 0 Å². The average Bonchev–Trinajstić information content (AvgIpc) is 2.18. The Kier molecular flexibility index (Phi) is 7.80. The molecular formula is C11H23NO3S. The number of carbonyl (C=O) groups is 1. The van der Waals surface area contributed by atoms with Crippen LogP contribution in [0.5, 0.6) is 0 Å². The fourth-order valence-corrected chi connectivity index (χ4v) is 2.71. The SMILES string of the molecule is CCNC(C)(CC(C)SCCOC)C(=O)O. The predicted molar refractivity (Wildman–Crippen MR) is 68.1 cm³/mol. The maximum absolute atomic E-state index is 11.2. The lowest BCUT2D eigenvalue weighted by atomic mass is 9.96. The number of likely N-dealkylation sites (N-methyl/N-ethyl adjacent to an activating group) is 1. The molecule has 0 aromatic heterocycles. The number of carboxylic acid groups (broad SMARTS) is 1. The minimum absolute atomic E-state index is 0.301. The Balaban J connectivity index is 4.13. The Morgan fingerprint density at radius 3 is 2.69 bits per heavy atom. The van der Waals surface area contributed by atoms with Crippen LogP contribution in [0.4, 0.5) is 0 Å². The Morgan fingerprint density at radius 2 is 2.25 bits per heavy atom. The Hall–Kier alpha value is -0.260. The molecule has 2 N–H and O–H groups in total. The Bertz CT molecular complexity index is 213. The highest BCUT2D eigenvalue weighted by atomic mass is 32.2. The lowest BCUT2D eigenvalue weighted by Gasteiger charge is -2.28. The molecule has 0 spiro atoms. The maximum Gasteiger partial charge on any atom is 0.323 e. The lowest BCUT2D eigenvalue weighted by Crippen LogP contribution is -2.50. The van der Waals surface area contributed by atoms with E-state index in [0.29, 0.717) is 24.8 Å². The zero-order chi connectivity index (χ0) is 12.6. The standard InChI is InChI=1S/C11H23NO3S/c1-5-12-11(3,10(13)14)8-9(2)16-7-6-15-4/h9,12H,5-8H2,1-4H3,(H,13,14). The quantitative estimate of drug-likeness (QED) is 0.608. The highest BCUT2D eigenvalue weighted by Crippen LogP contribution is 2.22. The average molecular weight is 249 g/mol. The molecule has 0 saturated heterocycles. The van der Waals surface area contributed by atoms with Gasteiger partial charge in [0.15, 0.2) is 0 Å². The van der Waals surface area contributed by atoms with Gasteiger partial charge >= 0.3 is 5.97 Å². The molecule has 5 heteroatoms. The number of nitrogens with one attached hydrogen (secondary N) is 1. The van der Waals surface area contributed by atoms with Gasteiger partial charge in [0.1, 0.15) is 5.54 Å². The lowest BCUT2D eigenvalue weighted by molar-refractivity contribution is -0.144. The summed E-state index contributed by atoms with van der Waals surface area (Å²) >= 11 is 1.74. The number of hydrogen-bond donors (Lipinski definition) is 2. The summed E-state index contributed by atoms with van der Waals surface area (Å²) in [7, 11) is 1.67. The summed E-state index contributed by atoms with van der Waals surface area (Å²) in [6.07, 6.45) is 0.616. The van der Waals surface area contributed by atoms with Crippen molar-refractivity contribution in [3.8, 4) is 0 Å². The van der Waals surface area contributed by atoms with Crippen LogP contribution in [-0.4, -0.2) is 47.9 Å². The summed E-state index contributed by atoms with van der Waals surface area (Å²) < 4.78 is 4.96. The van der Waals surface area contributed by atoms with Crippen LogP contribution in [0.3, 0.4) is 0 Å². The second-order valence-corrected chi connectivity index (χ2v) is 5.59. The third-order valence-corrected chi connectivity index (χ3v) is 3.56. The molecule has 2 unspecified atom stereocenters. The van der Waals surface area contributed by atoms with Gasteiger partial charge in [-0.25, -0.2) is 0 Å². The molecular weight excluding hydrogens is 226 g/mol. The molecule has 2 atom stereocenters. The van der Waals surface area contributed by atoms with E-state index in [0.717, 1.165) is 5.75 Å². The molecule has 0 fully saturated rings. The minimum atomic E-state index is -0.825. The van der Waals surface area contributed by atoms with E-state index in [1.807, 2.05) is 6.92 Å². The van der Waals surface area contributed by atoms with E-state index in [1.165, 1.54) is 0 Å². The minimum Gasteiger partial charge on any atom is -0.480 e. The van der Waals surface area contributed by atoms with Crippen molar-refractivity contribution in [2.45, 2.75) is 38.0 Å². The van der Waals surface area contributed by atoms with Gasteiger partial charge in [0, 0.05) is 18.1 Å². The number of aliphatic carboxylic acids is 1. The van der Waals surface area contributed by atoms with Crippen molar-refractivity contribution >= 4 is 17.7 Å². The van der Waals surface area contributed by atoms with Crippen LogP contribution in [0.25, 0.3) is 0 Å². The second-order valence-electron chi connectivity index (χ2n) is 4.05. The van der Waals surface area contributed by atoms with Crippen LogP contribution >= 0.6 is 11.8 Å². The highest BCUT2D eigenvalue weighted by molar-refractivity contribution is 7.99. The topological polar surface area (TPSA) is 58.6 Å². The van der Waals surface area contributed by atoms with Gasteiger partial charge in [-0.2, -0.15) is 11.8 Å². The van der Waals surface area contributed by atoms with E-state index >= 15 is 0 Å². The number of hydrogen-bond acceptors (Lipinski definition) is 4. The van der Waals surface area contributed by atoms with Crippen LogP contribution in [0.1, 0.15) is 27.2 Å². The molecule has 0 aromatic carbocycles. The number of carboxylic acids is 1. The fraction of sp³-hybridized carbons (Fsp3) is 0.909. The van der Waals surface area contributed by atoms with Crippen LogP contribution in [0, 0.1) is 0 Å². The fourth-order valence-electron chi connectivity index (χ4n) is 1.59. The van der Waals surface area contributed by atoms with Gasteiger partial charge < -0.3 is 15.2 Å². The van der Waals surface area contributed by atoms with E-state index in [-0.39, 0.29) is 0 Å². The van der Waals surface area contributed by atoms with Gasteiger partial charge in [-0.05, 0) is 19.9 Å². The predicted octanol–water partition coefficient (Wildman–Crippen LogP) is 1.60. The molecule has 0 bridgehead atoms. The zero-order valence-electron chi connectivity index (χ0n) is 10.6. The first kappa shape index (κ1) is 15.7. The van der Waals surface area contributed by atoms with Crippen molar-refractivity contribution in [2.75, 3.05) is 26.0 Å². The zero-order valence-corrected chi connectivity index (χ0v) is 11.4. The molecule has 4 nitrogen and oxygen atoms in total. The Labute approximate surface area is 102 Å². The number of methoxy groups -OCH3 is 1. The van der Waals surface area contributed by atoms with Crippen molar-refractivity contribution in [1.29, 1.82) is 0 Å². The first-order valence-corrected chi connectivity index (χ1v) is 6.60. The summed E-state index contributed by atoms with van der Waals surface area (Å²) in [5.41, 5.74) is -0.825. The summed E-state index contributed by atoms with van der Waals surface area (Å²) in [4.78, 5) is 11.2. The van der Waals surface area contributed by atoms with Gasteiger partial charge in [-0.1, -0.05) is 13.8 Å². The van der Waals surface area contributed by atoms with Crippen molar-refractivity contribution < 1.29 is 14.6 Å². The van der Waals surface area contributed by atoms with Gasteiger partial charge in [0.05, 0.1) is 6.61 Å². The third kappa shape index (κ3) is 5.72. The van der Waals surface area contributed by atoms with Crippen LogP contribution in [0.15, 0.2) is 0 Å². The largest absolute Gasteiger partial charge is 0.480 e. The molecule has 0 aliphatic carbocycles. The highest BCUT2D eigenvalue weighted by Gasteiger charge is 2.33. The van der Waals surface area contributed by atoms with Gasteiger partial charge in [0.25, 0.3) is 0 Å². The van der Waals surface area contributed by atoms with E-state index in [2.05, 4.69) is 12.2 Å². The molecule has 0 heterocycles. The first-order chi connectivity index (χ1) is 7.46. The Morgan fingerprint density at radius 1 is 1.62 bits per heavy atom. The van der Waals surface area contributed by atoms with Crippen molar-refractivity contribution in [3.63, 3.8) is 0 Å². The van der Waals surface area contributed by atoms with E-state index < -0.39 is 11.5 Å².